The molecule has 1 heterocycles. The van der Waals surface area contributed by atoms with Crippen molar-refractivity contribution in [3.8, 4) is 0 Å². The van der Waals surface area contributed by atoms with Crippen LogP contribution in [0.1, 0.15) is 27.7 Å². The molecular weight excluding hydrogens is 208 g/mol. The van der Waals surface area contributed by atoms with Crippen molar-refractivity contribution in [2.24, 2.45) is 11.0 Å². The van der Waals surface area contributed by atoms with Crippen molar-refractivity contribution in [1.29, 1.82) is 0 Å². The molecule has 2 atom stereocenters. The van der Waals surface area contributed by atoms with Crippen LogP contribution in [-0.4, -0.2) is 22.8 Å². The minimum absolute atomic E-state index is 0.0443. The highest BCUT2D eigenvalue weighted by molar-refractivity contribution is 6.31. The van der Waals surface area contributed by atoms with Gasteiger partial charge in [0.25, 0.3) is 0 Å². The molecule has 15 heavy (non-hydrogen) atoms. The van der Waals surface area contributed by atoms with Crippen LogP contribution in [0.3, 0.4) is 0 Å². The predicted molar refractivity (Wildman–Crippen MR) is 65.1 cm³/mol. The lowest BCUT2D eigenvalue weighted by Crippen LogP contribution is -2.44. The molecule has 2 nitrogen and oxygen atoms in total. The fourth-order valence-electron chi connectivity index (χ4n) is 2.08. The Kier molecular flexibility index (Phi) is 2.42. The fraction of sp³-hybridized carbons (Fsp3) is 0.583. The van der Waals surface area contributed by atoms with Crippen molar-refractivity contribution in [3.63, 3.8) is 0 Å². The second kappa shape index (κ2) is 3.38. The number of allylic oxidation sites excluding steroid dienone is 2. The monoisotopic (exact) mass is 224 g/mol. The maximum atomic E-state index is 6.29. The number of hydrazone groups is 1. The topological polar surface area (TPSA) is 15.6 Å². The molecule has 2 unspecified atom stereocenters. The van der Waals surface area contributed by atoms with E-state index in [9.17, 15) is 0 Å². The van der Waals surface area contributed by atoms with Gasteiger partial charge in [0.1, 0.15) is 0 Å². The van der Waals surface area contributed by atoms with Crippen LogP contribution in [0, 0.1) is 5.92 Å². The summed E-state index contributed by atoms with van der Waals surface area (Å²) in [5, 5.41) is 7.53. The summed E-state index contributed by atoms with van der Waals surface area (Å²) in [5.41, 5.74) is 1.20. The van der Waals surface area contributed by atoms with E-state index in [1.165, 1.54) is 0 Å². The predicted octanol–water partition coefficient (Wildman–Crippen LogP) is 3.15. The second-order valence-electron chi connectivity index (χ2n) is 5.19. The third kappa shape index (κ3) is 1.71. The molecule has 0 radical (unpaired) electrons. The van der Waals surface area contributed by atoms with Gasteiger partial charge in [-0.2, -0.15) is 5.10 Å². The van der Waals surface area contributed by atoms with Crippen LogP contribution >= 0.6 is 11.6 Å². The third-order valence-electron chi connectivity index (χ3n) is 2.90. The van der Waals surface area contributed by atoms with E-state index >= 15 is 0 Å². The summed E-state index contributed by atoms with van der Waals surface area (Å²) in [6, 6.07) is 0.293. The molecule has 0 aromatic carbocycles. The smallest absolute Gasteiger partial charge is 0.0787 e. The van der Waals surface area contributed by atoms with Gasteiger partial charge in [-0.1, -0.05) is 23.8 Å². The Morgan fingerprint density at radius 2 is 2.07 bits per heavy atom. The molecule has 2 aliphatic rings. The van der Waals surface area contributed by atoms with Gasteiger partial charge in [-0.3, -0.25) is 5.01 Å². The van der Waals surface area contributed by atoms with Gasteiger partial charge in [0.05, 0.1) is 17.5 Å². The van der Waals surface area contributed by atoms with E-state index in [1.54, 1.807) is 0 Å². The van der Waals surface area contributed by atoms with Gasteiger partial charge in [-0.15, -0.1) is 0 Å². The van der Waals surface area contributed by atoms with E-state index in [2.05, 4.69) is 43.0 Å². The molecular formula is C12H17ClN2. The van der Waals surface area contributed by atoms with Crippen LogP contribution in [0.2, 0.25) is 0 Å². The lowest BCUT2D eigenvalue weighted by atomic mass is 9.91. The van der Waals surface area contributed by atoms with E-state index in [4.69, 9.17) is 11.6 Å². The van der Waals surface area contributed by atoms with Crippen molar-refractivity contribution in [2.45, 2.75) is 39.3 Å². The Labute approximate surface area is 96.3 Å². The summed E-state index contributed by atoms with van der Waals surface area (Å²) in [6.07, 6.45) is 6.26. The molecule has 1 aliphatic carbocycles. The average molecular weight is 225 g/mol. The molecule has 0 saturated carbocycles. The number of rotatable bonds is 0. The zero-order valence-electron chi connectivity index (χ0n) is 9.66. The lowest BCUT2D eigenvalue weighted by Gasteiger charge is -2.37. The number of nitrogens with zero attached hydrogens (tertiary/aromatic N) is 2. The van der Waals surface area contributed by atoms with Crippen molar-refractivity contribution in [2.75, 3.05) is 0 Å². The van der Waals surface area contributed by atoms with Crippen LogP contribution in [0.15, 0.2) is 27.9 Å². The van der Waals surface area contributed by atoms with Crippen molar-refractivity contribution < 1.29 is 0 Å². The lowest BCUT2D eigenvalue weighted by molar-refractivity contribution is 0.116. The molecule has 0 aromatic heterocycles. The average Bonchev–Trinajstić information content (AvgIpc) is 2.54. The number of hydrogen-bond acceptors (Lipinski definition) is 2. The van der Waals surface area contributed by atoms with Gasteiger partial charge < -0.3 is 0 Å². The zero-order chi connectivity index (χ0) is 11.2. The van der Waals surface area contributed by atoms with E-state index in [1.807, 2.05) is 13.1 Å². The number of halogens is 1. The molecule has 82 valence electrons. The summed E-state index contributed by atoms with van der Waals surface area (Å²) < 4.78 is 0. The zero-order valence-corrected chi connectivity index (χ0v) is 10.4. The summed E-state index contributed by atoms with van der Waals surface area (Å²) >= 11 is 6.29. The highest BCUT2D eigenvalue weighted by atomic mass is 35.5. The molecule has 0 spiro atoms. The molecule has 0 fully saturated rings. The van der Waals surface area contributed by atoms with Crippen molar-refractivity contribution in [3.05, 3.63) is 22.8 Å². The van der Waals surface area contributed by atoms with Crippen molar-refractivity contribution in [1.82, 2.24) is 5.01 Å². The summed E-state index contributed by atoms with van der Waals surface area (Å²) in [4.78, 5) is 0. The quantitative estimate of drug-likeness (QED) is 0.617. The molecule has 0 aromatic rings. The van der Waals surface area contributed by atoms with Crippen LogP contribution < -0.4 is 0 Å². The molecule has 2 rings (SSSR count). The van der Waals surface area contributed by atoms with Gasteiger partial charge in [0.2, 0.25) is 0 Å². The van der Waals surface area contributed by atoms with E-state index in [0.717, 1.165) is 10.6 Å². The molecule has 0 N–H and O–H groups in total. The number of hydrogen-bond donors (Lipinski definition) is 0. The van der Waals surface area contributed by atoms with Crippen LogP contribution in [-0.2, 0) is 0 Å². The second-order valence-corrected chi connectivity index (χ2v) is 5.59. The first-order valence-corrected chi connectivity index (χ1v) is 5.67. The molecule has 1 aliphatic heterocycles. The first-order valence-electron chi connectivity index (χ1n) is 5.29. The molecule has 0 saturated heterocycles. The minimum Gasteiger partial charge on any atom is -0.284 e. The largest absolute Gasteiger partial charge is 0.284 e. The van der Waals surface area contributed by atoms with Gasteiger partial charge in [0, 0.05) is 11.2 Å². The Bertz CT molecular complexity index is 360. The maximum absolute atomic E-state index is 6.29. The van der Waals surface area contributed by atoms with E-state index < -0.39 is 0 Å². The Hall–Kier alpha value is -0.760. The fourth-order valence-corrected chi connectivity index (χ4v) is 2.33. The Morgan fingerprint density at radius 3 is 2.67 bits per heavy atom. The standard InChI is InChI=1S/C12H17ClN2/c1-8-5-6-10-9(11(8)13)7-14-15(10)12(2,3)4/h5-7,9-10H,1-4H3. The van der Waals surface area contributed by atoms with Crippen LogP contribution in [0.25, 0.3) is 0 Å². The van der Waals surface area contributed by atoms with Gasteiger partial charge in [-0.05, 0) is 33.3 Å². The highest BCUT2D eigenvalue weighted by Crippen LogP contribution is 2.36. The minimum atomic E-state index is 0.0443. The SMILES string of the molecule is CC1=C(Cl)C2C=NN(C(C)(C)C)C2C=C1. The van der Waals surface area contributed by atoms with Gasteiger partial charge in [-0.25, -0.2) is 0 Å². The normalized spacial score (nSPS) is 30.1. The Balaban J connectivity index is 2.30. The van der Waals surface area contributed by atoms with E-state index in [0.29, 0.717) is 6.04 Å². The van der Waals surface area contributed by atoms with Gasteiger partial charge >= 0.3 is 0 Å². The van der Waals surface area contributed by atoms with Crippen LogP contribution in [0.5, 0.6) is 0 Å². The first kappa shape index (κ1) is 10.7. The summed E-state index contributed by atoms with van der Waals surface area (Å²) in [5.74, 6) is 0.246. The van der Waals surface area contributed by atoms with Gasteiger partial charge in [0.15, 0.2) is 0 Å². The number of fused-ring (bicyclic) bond motifs is 1. The highest BCUT2D eigenvalue weighted by Gasteiger charge is 2.38. The first-order chi connectivity index (χ1) is 6.91. The summed E-state index contributed by atoms with van der Waals surface area (Å²) in [7, 11) is 0. The molecule has 0 amide bonds. The summed E-state index contributed by atoms with van der Waals surface area (Å²) in [6.45, 7) is 8.54. The molecule has 3 heteroatoms. The Morgan fingerprint density at radius 1 is 1.40 bits per heavy atom. The molecule has 0 bridgehead atoms. The maximum Gasteiger partial charge on any atom is 0.0787 e. The van der Waals surface area contributed by atoms with Crippen LogP contribution in [0.4, 0.5) is 0 Å². The van der Waals surface area contributed by atoms with E-state index in [-0.39, 0.29) is 11.5 Å². The third-order valence-corrected chi connectivity index (χ3v) is 3.45. The van der Waals surface area contributed by atoms with Crippen molar-refractivity contribution >= 4 is 17.8 Å².